The van der Waals surface area contributed by atoms with E-state index >= 15 is 0 Å². The highest BCUT2D eigenvalue weighted by Gasteiger charge is 2.26. The minimum absolute atomic E-state index is 0.238. The molecule has 0 aliphatic carbocycles. The van der Waals surface area contributed by atoms with E-state index in [-0.39, 0.29) is 5.91 Å². The molecule has 1 aliphatic rings. The fraction of sp³-hybridized carbons (Fsp3) is 0.462. The summed E-state index contributed by atoms with van der Waals surface area (Å²) in [5, 5.41) is 12.5. The SMILES string of the molecule is Cc1ccccc1CSC1CNC(=O)C(O)C1. The summed E-state index contributed by atoms with van der Waals surface area (Å²) >= 11 is 1.80. The molecular weight excluding hydrogens is 234 g/mol. The fourth-order valence-corrected chi connectivity index (χ4v) is 3.14. The van der Waals surface area contributed by atoms with Crippen LogP contribution in [0, 0.1) is 6.92 Å². The number of carbonyl (C=O) groups is 1. The second kappa shape index (κ2) is 5.56. The van der Waals surface area contributed by atoms with Crippen LogP contribution in [-0.4, -0.2) is 28.9 Å². The third-order valence-electron chi connectivity index (χ3n) is 3.03. The van der Waals surface area contributed by atoms with E-state index in [2.05, 4.69) is 24.4 Å². The minimum Gasteiger partial charge on any atom is -0.383 e. The van der Waals surface area contributed by atoms with Crippen LogP contribution >= 0.6 is 11.8 Å². The zero-order valence-electron chi connectivity index (χ0n) is 9.85. The predicted octanol–water partition coefficient (Wildman–Crippen LogP) is 1.48. The van der Waals surface area contributed by atoms with Gasteiger partial charge in [0, 0.05) is 17.5 Å². The van der Waals surface area contributed by atoms with Crippen LogP contribution in [-0.2, 0) is 10.5 Å². The van der Waals surface area contributed by atoms with Gasteiger partial charge in [-0.2, -0.15) is 11.8 Å². The summed E-state index contributed by atoms with van der Waals surface area (Å²) in [6, 6.07) is 8.31. The Morgan fingerprint density at radius 3 is 2.94 bits per heavy atom. The number of piperidine rings is 1. The number of rotatable bonds is 3. The van der Waals surface area contributed by atoms with Crippen molar-refractivity contribution in [1.82, 2.24) is 5.32 Å². The average molecular weight is 251 g/mol. The Balaban J connectivity index is 1.87. The number of amides is 1. The van der Waals surface area contributed by atoms with E-state index in [1.807, 2.05) is 12.1 Å². The highest BCUT2D eigenvalue weighted by atomic mass is 32.2. The second-order valence-corrected chi connectivity index (χ2v) is 5.64. The van der Waals surface area contributed by atoms with Crippen LogP contribution in [0.2, 0.25) is 0 Å². The molecule has 3 nitrogen and oxygen atoms in total. The zero-order chi connectivity index (χ0) is 12.3. The molecule has 0 bridgehead atoms. The molecule has 2 rings (SSSR count). The summed E-state index contributed by atoms with van der Waals surface area (Å²) in [6.45, 7) is 2.76. The molecular formula is C13H17NO2S. The van der Waals surface area contributed by atoms with Gasteiger partial charge in [-0.25, -0.2) is 0 Å². The molecule has 92 valence electrons. The standard InChI is InChI=1S/C13H17NO2S/c1-9-4-2-3-5-10(9)8-17-11-6-12(15)13(16)14-7-11/h2-5,11-12,15H,6-8H2,1H3,(H,14,16). The lowest BCUT2D eigenvalue weighted by Crippen LogP contribution is -2.46. The van der Waals surface area contributed by atoms with Crippen molar-refractivity contribution < 1.29 is 9.90 Å². The Labute approximate surface area is 106 Å². The number of aryl methyl sites for hydroxylation is 1. The first-order valence-electron chi connectivity index (χ1n) is 5.78. The van der Waals surface area contributed by atoms with E-state index in [1.54, 1.807) is 11.8 Å². The topological polar surface area (TPSA) is 49.3 Å². The fourth-order valence-electron chi connectivity index (χ4n) is 1.88. The highest BCUT2D eigenvalue weighted by Crippen LogP contribution is 2.24. The first-order chi connectivity index (χ1) is 8.16. The van der Waals surface area contributed by atoms with Crippen LogP contribution in [0.3, 0.4) is 0 Å². The van der Waals surface area contributed by atoms with Crippen molar-refractivity contribution in [3.63, 3.8) is 0 Å². The number of nitrogens with one attached hydrogen (secondary N) is 1. The molecule has 1 aliphatic heterocycles. The Hall–Kier alpha value is -1.00. The van der Waals surface area contributed by atoms with Crippen molar-refractivity contribution in [3.8, 4) is 0 Å². The smallest absolute Gasteiger partial charge is 0.248 e. The molecule has 1 fully saturated rings. The summed E-state index contributed by atoms with van der Waals surface area (Å²) in [4.78, 5) is 11.1. The molecule has 17 heavy (non-hydrogen) atoms. The number of aliphatic hydroxyl groups excluding tert-OH is 1. The molecule has 0 radical (unpaired) electrons. The number of hydrogen-bond acceptors (Lipinski definition) is 3. The normalized spacial score (nSPS) is 24.5. The first kappa shape index (κ1) is 12.5. The molecule has 0 saturated carbocycles. The van der Waals surface area contributed by atoms with Crippen molar-refractivity contribution in [3.05, 3.63) is 35.4 Å². The summed E-state index contributed by atoms with van der Waals surface area (Å²) in [7, 11) is 0. The summed E-state index contributed by atoms with van der Waals surface area (Å²) < 4.78 is 0. The Morgan fingerprint density at radius 1 is 1.47 bits per heavy atom. The maximum Gasteiger partial charge on any atom is 0.248 e. The zero-order valence-corrected chi connectivity index (χ0v) is 10.7. The summed E-state index contributed by atoms with van der Waals surface area (Å²) in [5.41, 5.74) is 2.62. The molecule has 0 spiro atoms. The average Bonchev–Trinajstić information content (AvgIpc) is 2.32. The Morgan fingerprint density at radius 2 is 2.24 bits per heavy atom. The molecule has 1 aromatic rings. The van der Waals surface area contributed by atoms with Gasteiger partial charge in [0.1, 0.15) is 6.10 Å². The van der Waals surface area contributed by atoms with Gasteiger partial charge in [-0.05, 0) is 24.5 Å². The predicted molar refractivity (Wildman–Crippen MR) is 69.9 cm³/mol. The third kappa shape index (κ3) is 3.23. The lowest BCUT2D eigenvalue weighted by molar-refractivity contribution is -0.131. The molecule has 1 aromatic carbocycles. The van der Waals surface area contributed by atoms with Crippen LogP contribution < -0.4 is 5.32 Å². The Kier molecular flexibility index (Phi) is 4.07. The molecule has 1 saturated heterocycles. The number of hydrogen-bond donors (Lipinski definition) is 2. The molecule has 1 heterocycles. The van der Waals surface area contributed by atoms with E-state index in [4.69, 9.17) is 0 Å². The van der Waals surface area contributed by atoms with Gasteiger partial charge >= 0.3 is 0 Å². The molecule has 2 N–H and O–H groups in total. The van der Waals surface area contributed by atoms with E-state index in [9.17, 15) is 9.90 Å². The highest BCUT2D eigenvalue weighted by molar-refractivity contribution is 7.99. The molecule has 2 unspecified atom stereocenters. The van der Waals surface area contributed by atoms with E-state index in [0.29, 0.717) is 18.2 Å². The monoisotopic (exact) mass is 251 g/mol. The maximum absolute atomic E-state index is 11.1. The first-order valence-corrected chi connectivity index (χ1v) is 6.83. The molecule has 1 amide bonds. The summed E-state index contributed by atoms with van der Waals surface area (Å²) in [5.74, 6) is 0.692. The Bertz CT molecular complexity index is 408. The van der Waals surface area contributed by atoms with Crippen LogP contribution in [0.25, 0.3) is 0 Å². The van der Waals surface area contributed by atoms with Gasteiger partial charge in [0.05, 0.1) is 0 Å². The summed E-state index contributed by atoms with van der Waals surface area (Å²) in [6.07, 6.45) is -0.277. The lowest BCUT2D eigenvalue weighted by atomic mass is 10.1. The van der Waals surface area contributed by atoms with Gasteiger partial charge in [0.25, 0.3) is 0 Å². The van der Waals surface area contributed by atoms with Crippen molar-refractivity contribution in [1.29, 1.82) is 0 Å². The van der Waals surface area contributed by atoms with Gasteiger partial charge < -0.3 is 10.4 Å². The second-order valence-electron chi connectivity index (χ2n) is 4.36. The van der Waals surface area contributed by atoms with Crippen molar-refractivity contribution in [2.45, 2.75) is 30.5 Å². The van der Waals surface area contributed by atoms with Crippen molar-refractivity contribution >= 4 is 17.7 Å². The van der Waals surface area contributed by atoms with E-state index in [1.165, 1.54) is 11.1 Å². The van der Waals surface area contributed by atoms with Crippen LogP contribution in [0.15, 0.2) is 24.3 Å². The van der Waals surface area contributed by atoms with E-state index < -0.39 is 6.10 Å². The van der Waals surface area contributed by atoms with Crippen LogP contribution in [0.5, 0.6) is 0 Å². The number of carbonyl (C=O) groups excluding carboxylic acids is 1. The largest absolute Gasteiger partial charge is 0.383 e. The lowest BCUT2D eigenvalue weighted by Gasteiger charge is -2.25. The van der Waals surface area contributed by atoms with Gasteiger partial charge in [-0.15, -0.1) is 0 Å². The number of aliphatic hydroxyl groups is 1. The van der Waals surface area contributed by atoms with Gasteiger partial charge in [-0.1, -0.05) is 24.3 Å². The third-order valence-corrected chi connectivity index (χ3v) is 4.34. The maximum atomic E-state index is 11.1. The van der Waals surface area contributed by atoms with Gasteiger partial charge in [0.2, 0.25) is 5.91 Å². The van der Waals surface area contributed by atoms with Crippen LogP contribution in [0.4, 0.5) is 0 Å². The molecule has 0 aromatic heterocycles. The van der Waals surface area contributed by atoms with Crippen molar-refractivity contribution in [2.24, 2.45) is 0 Å². The number of benzene rings is 1. The van der Waals surface area contributed by atoms with Crippen LogP contribution in [0.1, 0.15) is 17.5 Å². The van der Waals surface area contributed by atoms with Gasteiger partial charge in [-0.3, -0.25) is 4.79 Å². The van der Waals surface area contributed by atoms with Crippen molar-refractivity contribution in [2.75, 3.05) is 6.54 Å². The quantitative estimate of drug-likeness (QED) is 0.855. The molecule has 4 heteroatoms. The van der Waals surface area contributed by atoms with Gasteiger partial charge in [0.15, 0.2) is 0 Å². The molecule has 2 atom stereocenters. The number of thioether (sulfide) groups is 1. The minimum atomic E-state index is -0.835. The van der Waals surface area contributed by atoms with E-state index in [0.717, 1.165) is 5.75 Å².